The minimum absolute atomic E-state index is 0. The van der Waals surface area contributed by atoms with E-state index in [9.17, 15) is 4.79 Å². The first-order valence-electron chi connectivity index (χ1n) is 8.74. The van der Waals surface area contributed by atoms with Crippen LogP contribution in [0.15, 0.2) is 60.9 Å². The van der Waals surface area contributed by atoms with E-state index < -0.39 is 0 Å². The summed E-state index contributed by atoms with van der Waals surface area (Å²) in [5.74, 6) is 0.344. The molecule has 4 aromatic rings. The average molecular weight is 392 g/mol. The zero-order chi connectivity index (χ0) is 19.5. The van der Waals surface area contributed by atoms with Gasteiger partial charge in [0.2, 0.25) is 0 Å². The summed E-state index contributed by atoms with van der Waals surface area (Å²) in [6, 6.07) is 15.4. The second-order valence-electron chi connectivity index (χ2n) is 6.45. The van der Waals surface area contributed by atoms with Crippen molar-refractivity contribution in [2.24, 2.45) is 0 Å². The number of anilines is 1. The van der Waals surface area contributed by atoms with Crippen LogP contribution in [-0.4, -0.2) is 26.4 Å². The van der Waals surface area contributed by atoms with E-state index in [0.717, 1.165) is 33.5 Å². The number of tetrazole rings is 1. The molecule has 29 heavy (non-hydrogen) atoms. The summed E-state index contributed by atoms with van der Waals surface area (Å²) < 4.78 is 0. The van der Waals surface area contributed by atoms with Crippen molar-refractivity contribution < 1.29 is 34.4 Å². The largest absolute Gasteiger partial charge is 1.00 e. The Balaban J connectivity index is 0.00000240. The maximum atomic E-state index is 12.5. The molecule has 0 unspecified atom stereocenters. The van der Waals surface area contributed by atoms with Gasteiger partial charge >= 0.3 is 29.6 Å². The maximum Gasteiger partial charge on any atom is 1.00 e. The molecule has 0 bridgehead atoms. The van der Waals surface area contributed by atoms with E-state index in [1.54, 1.807) is 18.5 Å². The Bertz CT molecular complexity index is 1130. The van der Waals surface area contributed by atoms with Gasteiger partial charge in [-0.05, 0) is 65.9 Å². The molecule has 1 amide bonds. The molecule has 0 atom stereocenters. The second kappa shape index (κ2) is 9.09. The molecule has 0 fully saturated rings. The molecule has 0 saturated carbocycles. The quantitative estimate of drug-likeness (QED) is 0.506. The fourth-order valence-electron chi connectivity index (χ4n) is 2.99. The van der Waals surface area contributed by atoms with E-state index in [2.05, 4.69) is 30.9 Å². The van der Waals surface area contributed by atoms with Crippen molar-refractivity contribution in [3.63, 3.8) is 0 Å². The Morgan fingerprint density at radius 3 is 2.41 bits per heavy atom. The standard InChI is InChI=1S/C21H18N6O.Na/c1-13-3-4-16(20-24-26-27-25-20)11-19(13)15-5-7-17(8-6-15)23-21(28)18-9-10-22-12-14(18)2;/h3-12H,1-2H3,(H2,23,24,25,26,27,28);/q;+1/p-1. The number of hydrogen-bond donors (Lipinski definition) is 1. The molecule has 0 aliphatic heterocycles. The van der Waals surface area contributed by atoms with Crippen molar-refractivity contribution in [1.82, 2.24) is 25.6 Å². The number of carbonyl (C=O) groups is 1. The topological polar surface area (TPSA) is 94.8 Å². The number of nitrogens with zero attached hydrogens (tertiary/aromatic N) is 5. The van der Waals surface area contributed by atoms with Gasteiger partial charge in [0.1, 0.15) is 0 Å². The van der Waals surface area contributed by atoms with Crippen LogP contribution in [-0.2, 0) is 0 Å². The van der Waals surface area contributed by atoms with Gasteiger partial charge in [-0.3, -0.25) is 20.1 Å². The first-order chi connectivity index (χ1) is 13.6. The molecule has 1 N–H and O–H groups in total. The number of carbonyl (C=O) groups excluding carboxylic acids is 1. The third-order valence-electron chi connectivity index (χ3n) is 4.53. The van der Waals surface area contributed by atoms with Crippen LogP contribution in [0.5, 0.6) is 0 Å². The van der Waals surface area contributed by atoms with Gasteiger partial charge in [-0.1, -0.05) is 24.3 Å². The number of benzene rings is 2. The fraction of sp³-hybridized carbons (Fsp3) is 0.0952. The second-order valence-corrected chi connectivity index (χ2v) is 6.45. The van der Waals surface area contributed by atoms with Crippen LogP contribution in [0.2, 0.25) is 0 Å². The molecule has 0 radical (unpaired) electrons. The molecule has 138 valence electrons. The summed E-state index contributed by atoms with van der Waals surface area (Å²) in [5, 5.41) is 17.8. The van der Waals surface area contributed by atoms with E-state index in [0.29, 0.717) is 11.4 Å². The van der Waals surface area contributed by atoms with Crippen LogP contribution in [0.3, 0.4) is 0 Å². The molecule has 0 aliphatic rings. The molecule has 2 heterocycles. The molecule has 7 nitrogen and oxygen atoms in total. The Kier molecular flexibility index (Phi) is 6.53. The Labute approximate surface area is 190 Å². The Hall–Kier alpha value is -2.87. The van der Waals surface area contributed by atoms with Crippen molar-refractivity contribution in [1.29, 1.82) is 0 Å². The summed E-state index contributed by atoms with van der Waals surface area (Å²) in [5.41, 5.74) is 6.25. The predicted molar refractivity (Wildman–Crippen MR) is 106 cm³/mol. The molecular weight excluding hydrogens is 375 g/mol. The van der Waals surface area contributed by atoms with Gasteiger partial charge in [0.05, 0.1) is 0 Å². The van der Waals surface area contributed by atoms with Gasteiger partial charge in [0.15, 0.2) is 0 Å². The number of aromatic nitrogens is 5. The van der Waals surface area contributed by atoms with Crippen LogP contribution >= 0.6 is 0 Å². The Morgan fingerprint density at radius 1 is 0.966 bits per heavy atom. The minimum atomic E-state index is -0.154. The van der Waals surface area contributed by atoms with Gasteiger partial charge in [-0.15, -0.1) is 0 Å². The summed E-state index contributed by atoms with van der Waals surface area (Å²) >= 11 is 0. The SMILES string of the molecule is Cc1cnccc1C(=O)Nc1ccc(-c2cc(-c3nnn[n-]3)ccc2C)cc1.[Na+]. The molecule has 8 heteroatoms. The normalized spacial score (nSPS) is 10.3. The zero-order valence-corrected chi connectivity index (χ0v) is 18.4. The third-order valence-corrected chi connectivity index (χ3v) is 4.53. The van der Waals surface area contributed by atoms with E-state index >= 15 is 0 Å². The molecule has 2 aromatic carbocycles. The zero-order valence-electron chi connectivity index (χ0n) is 16.4. The fourth-order valence-corrected chi connectivity index (χ4v) is 2.99. The number of rotatable bonds is 4. The first-order valence-corrected chi connectivity index (χ1v) is 8.74. The predicted octanol–water partition coefficient (Wildman–Crippen LogP) is 0.431. The van der Waals surface area contributed by atoms with Crippen molar-refractivity contribution in [2.75, 3.05) is 5.32 Å². The van der Waals surface area contributed by atoms with Crippen LogP contribution in [0.25, 0.3) is 22.5 Å². The van der Waals surface area contributed by atoms with Crippen LogP contribution < -0.4 is 40.0 Å². The number of nitrogens with one attached hydrogen (secondary N) is 1. The van der Waals surface area contributed by atoms with E-state index in [1.807, 2.05) is 56.3 Å². The van der Waals surface area contributed by atoms with Crippen LogP contribution in [0.1, 0.15) is 21.5 Å². The average Bonchev–Trinajstić information content (AvgIpc) is 3.24. The van der Waals surface area contributed by atoms with E-state index in [-0.39, 0.29) is 35.5 Å². The molecule has 0 saturated heterocycles. The number of hydrogen-bond acceptors (Lipinski definition) is 5. The van der Waals surface area contributed by atoms with Crippen molar-refractivity contribution in [3.8, 4) is 22.5 Å². The molecular formula is C21H17N6NaO. The monoisotopic (exact) mass is 392 g/mol. The van der Waals surface area contributed by atoms with Crippen molar-refractivity contribution >= 4 is 11.6 Å². The number of pyridine rings is 1. The number of aryl methyl sites for hydroxylation is 2. The summed E-state index contributed by atoms with van der Waals surface area (Å²) in [4.78, 5) is 16.5. The van der Waals surface area contributed by atoms with Crippen molar-refractivity contribution in [2.45, 2.75) is 13.8 Å². The molecule has 4 rings (SSSR count). The van der Waals surface area contributed by atoms with Gasteiger partial charge in [-0.25, -0.2) is 0 Å². The smallest absolute Gasteiger partial charge is 0.330 e. The van der Waals surface area contributed by atoms with E-state index in [1.165, 1.54) is 0 Å². The summed E-state index contributed by atoms with van der Waals surface area (Å²) in [7, 11) is 0. The summed E-state index contributed by atoms with van der Waals surface area (Å²) in [6.07, 6.45) is 3.29. The molecule has 0 aliphatic carbocycles. The third kappa shape index (κ3) is 4.59. The van der Waals surface area contributed by atoms with Gasteiger partial charge < -0.3 is 10.4 Å². The first kappa shape index (κ1) is 20.9. The molecule has 2 aromatic heterocycles. The minimum Gasteiger partial charge on any atom is -0.330 e. The van der Waals surface area contributed by atoms with Gasteiger partial charge in [0, 0.05) is 29.5 Å². The van der Waals surface area contributed by atoms with Gasteiger partial charge in [0.25, 0.3) is 5.91 Å². The van der Waals surface area contributed by atoms with Crippen molar-refractivity contribution in [3.05, 3.63) is 77.6 Å². The Morgan fingerprint density at radius 2 is 1.72 bits per heavy atom. The maximum absolute atomic E-state index is 12.5. The summed E-state index contributed by atoms with van der Waals surface area (Å²) in [6.45, 7) is 3.91. The van der Waals surface area contributed by atoms with Gasteiger partial charge in [-0.2, -0.15) is 5.21 Å². The molecule has 0 spiro atoms. The van der Waals surface area contributed by atoms with E-state index in [4.69, 9.17) is 0 Å². The van der Waals surface area contributed by atoms with Crippen LogP contribution in [0, 0.1) is 13.8 Å². The number of amides is 1. The van der Waals surface area contributed by atoms with Crippen LogP contribution in [0.4, 0.5) is 5.69 Å².